The fourth-order valence-corrected chi connectivity index (χ4v) is 1.92. The van der Waals surface area contributed by atoms with Crippen LogP contribution in [0.2, 0.25) is 5.02 Å². The molecule has 0 aromatic heterocycles. The number of ketones is 1. The van der Waals surface area contributed by atoms with Gasteiger partial charge < -0.3 is 9.47 Å². The Bertz CT molecular complexity index is 665. The largest absolute Gasteiger partial charge is 0.485 e. The number of carbonyl (C=O) groups excluding carboxylic acids is 2. The van der Waals surface area contributed by atoms with E-state index in [1.54, 1.807) is 55.5 Å². The van der Waals surface area contributed by atoms with Crippen LogP contribution in [0.1, 0.15) is 27.6 Å². The minimum absolute atomic E-state index is 0.117. The van der Waals surface area contributed by atoms with E-state index in [1.807, 2.05) is 0 Å². The van der Waals surface area contributed by atoms with Crippen molar-refractivity contribution in [3.63, 3.8) is 0 Å². The van der Waals surface area contributed by atoms with Crippen LogP contribution in [0.5, 0.6) is 5.75 Å². The highest BCUT2D eigenvalue weighted by atomic mass is 35.5. The lowest BCUT2D eigenvalue weighted by Crippen LogP contribution is -2.12. The van der Waals surface area contributed by atoms with Crippen molar-refractivity contribution in [2.24, 2.45) is 0 Å². The van der Waals surface area contributed by atoms with E-state index in [0.29, 0.717) is 28.5 Å². The Morgan fingerprint density at radius 3 is 2.45 bits per heavy atom. The molecule has 0 N–H and O–H groups in total. The Morgan fingerprint density at radius 1 is 1.05 bits per heavy atom. The van der Waals surface area contributed by atoms with Crippen LogP contribution in [0.25, 0.3) is 0 Å². The van der Waals surface area contributed by atoms with Crippen LogP contribution in [0.15, 0.2) is 48.5 Å². The van der Waals surface area contributed by atoms with E-state index in [0.717, 1.165) is 0 Å². The minimum Gasteiger partial charge on any atom is -0.485 e. The SMILES string of the molecule is CCOC(=O)c1cccc(OCC(=O)c2ccc(Cl)cc2)c1. The van der Waals surface area contributed by atoms with Gasteiger partial charge in [-0.05, 0) is 49.4 Å². The fourth-order valence-electron chi connectivity index (χ4n) is 1.80. The predicted molar refractivity (Wildman–Crippen MR) is 83.7 cm³/mol. The second-order valence-electron chi connectivity index (χ2n) is 4.47. The van der Waals surface area contributed by atoms with Gasteiger partial charge in [0.2, 0.25) is 0 Å². The summed E-state index contributed by atoms with van der Waals surface area (Å²) in [4.78, 5) is 23.6. The lowest BCUT2D eigenvalue weighted by molar-refractivity contribution is 0.0526. The summed E-state index contributed by atoms with van der Waals surface area (Å²) in [5, 5.41) is 0.569. The van der Waals surface area contributed by atoms with Crippen molar-refractivity contribution < 1.29 is 19.1 Å². The molecule has 0 saturated carbocycles. The summed E-state index contributed by atoms with van der Waals surface area (Å²) >= 11 is 5.78. The molecule has 0 amide bonds. The molecule has 2 aromatic rings. The number of ether oxygens (including phenoxy) is 2. The van der Waals surface area contributed by atoms with Gasteiger partial charge in [0.15, 0.2) is 12.4 Å². The topological polar surface area (TPSA) is 52.6 Å². The van der Waals surface area contributed by atoms with Crippen molar-refractivity contribution in [3.8, 4) is 5.75 Å². The molecular formula is C17H15ClO4. The highest BCUT2D eigenvalue weighted by Gasteiger charge is 2.10. The molecule has 0 bridgehead atoms. The van der Waals surface area contributed by atoms with Gasteiger partial charge in [0, 0.05) is 10.6 Å². The molecule has 2 aromatic carbocycles. The third kappa shape index (κ3) is 4.33. The average molecular weight is 319 g/mol. The predicted octanol–water partition coefficient (Wildman–Crippen LogP) is 3.78. The first-order chi connectivity index (χ1) is 10.6. The van der Waals surface area contributed by atoms with Crippen molar-refractivity contribution >= 4 is 23.4 Å². The number of hydrogen-bond acceptors (Lipinski definition) is 4. The van der Waals surface area contributed by atoms with Crippen LogP contribution in [0.3, 0.4) is 0 Å². The highest BCUT2D eigenvalue weighted by molar-refractivity contribution is 6.30. The van der Waals surface area contributed by atoms with Crippen LogP contribution in [-0.2, 0) is 4.74 Å². The smallest absolute Gasteiger partial charge is 0.338 e. The van der Waals surface area contributed by atoms with Crippen LogP contribution in [0.4, 0.5) is 0 Å². The van der Waals surface area contributed by atoms with Gasteiger partial charge in [-0.1, -0.05) is 17.7 Å². The third-order valence-electron chi connectivity index (χ3n) is 2.88. The number of hydrogen-bond donors (Lipinski definition) is 0. The van der Waals surface area contributed by atoms with Crippen LogP contribution < -0.4 is 4.74 Å². The second kappa shape index (κ2) is 7.61. The zero-order valence-electron chi connectivity index (χ0n) is 12.0. The molecular weight excluding hydrogens is 304 g/mol. The standard InChI is InChI=1S/C17H15ClO4/c1-2-21-17(20)13-4-3-5-15(10-13)22-11-16(19)12-6-8-14(18)9-7-12/h3-10H,2,11H2,1H3. The van der Waals surface area contributed by atoms with Crippen molar-refractivity contribution in [1.29, 1.82) is 0 Å². The summed E-state index contributed by atoms with van der Waals surface area (Å²) in [5.41, 5.74) is 0.907. The molecule has 0 radical (unpaired) electrons. The first-order valence-electron chi connectivity index (χ1n) is 6.79. The number of benzene rings is 2. The first-order valence-corrected chi connectivity index (χ1v) is 7.16. The van der Waals surface area contributed by atoms with Crippen molar-refractivity contribution in [2.75, 3.05) is 13.2 Å². The first kappa shape index (κ1) is 16.0. The summed E-state index contributed by atoms with van der Waals surface area (Å²) in [6.45, 7) is 1.93. The monoisotopic (exact) mass is 318 g/mol. The number of Topliss-reactive ketones (excluding diaryl/α,β-unsaturated/α-hetero) is 1. The lowest BCUT2D eigenvalue weighted by atomic mass is 10.1. The van der Waals surface area contributed by atoms with E-state index < -0.39 is 5.97 Å². The fraction of sp³-hybridized carbons (Fsp3) is 0.176. The zero-order chi connectivity index (χ0) is 15.9. The summed E-state index contributed by atoms with van der Waals surface area (Å²) in [6.07, 6.45) is 0. The molecule has 0 atom stereocenters. The van der Waals surface area contributed by atoms with E-state index in [2.05, 4.69) is 0 Å². The van der Waals surface area contributed by atoms with Gasteiger partial charge >= 0.3 is 5.97 Å². The molecule has 0 aliphatic carbocycles. The Kier molecular flexibility index (Phi) is 5.55. The maximum atomic E-state index is 12.0. The molecule has 0 spiro atoms. The van der Waals surface area contributed by atoms with E-state index in [-0.39, 0.29) is 12.4 Å². The van der Waals surface area contributed by atoms with E-state index >= 15 is 0 Å². The van der Waals surface area contributed by atoms with Gasteiger partial charge in [0.25, 0.3) is 0 Å². The summed E-state index contributed by atoms with van der Waals surface area (Å²) in [6, 6.07) is 13.1. The molecule has 0 saturated heterocycles. The molecule has 114 valence electrons. The summed E-state index contributed by atoms with van der Waals surface area (Å²) in [7, 11) is 0. The molecule has 5 heteroatoms. The molecule has 0 fully saturated rings. The Balaban J connectivity index is 1.99. The molecule has 0 heterocycles. The molecule has 22 heavy (non-hydrogen) atoms. The average Bonchev–Trinajstić information content (AvgIpc) is 2.54. The highest BCUT2D eigenvalue weighted by Crippen LogP contribution is 2.15. The maximum Gasteiger partial charge on any atom is 0.338 e. The number of carbonyl (C=O) groups is 2. The Hall–Kier alpha value is -2.33. The van der Waals surface area contributed by atoms with Gasteiger partial charge in [0.1, 0.15) is 5.75 Å². The second-order valence-corrected chi connectivity index (χ2v) is 4.90. The van der Waals surface area contributed by atoms with Crippen molar-refractivity contribution in [2.45, 2.75) is 6.92 Å². The van der Waals surface area contributed by atoms with E-state index in [4.69, 9.17) is 21.1 Å². The summed E-state index contributed by atoms with van der Waals surface area (Å²) < 4.78 is 10.3. The third-order valence-corrected chi connectivity index (χ3v) is 3.13. The van der Waals surface area contributed by atoms with E-state index in [9.17, 15) is 9.59 Å². The molecule has 2 rings (SSSR count). The molecule has 4 nitrogen and oxygen atoms in total. The van der Waals surface area contributed by atoms with Gasteiger partial charge in [-0.3, -0.25) is 4.79 Å². The quantitative estimate of drug-likeness (QED) is 0.601. The van der Waals surface area contributed by atoms with Gasteiger partial charge in [-0.15, -0.1) is 0 Å². The van der Waals surface area contributed by atoms with Gasteiger partial charge in [0.05, 0.1) is 12.2 Å². The van der Waals surface area contributed by atoms with Crippen LogP contribution in [-0.4, -0.2) is 25.0 Å². The number of rotatable bonds is 6. The number of esters is 1. The molecule has 0 aliphatic rings. The van der Waals surface area contributed by atoms with Gasteiger partial charge in [-0.25, -0.2) is 4.79 Å². The maximum absolute atomic E-state index is 12.0. The van der Waals surface area contributed by atoms with Crippen molar-refractivity contribution in [1.82, 2.24) is 0 Å². The Morgan fingerprint density at radius 2 is 1.77 bits per heavy atom. The minimum atomic E-state index is -0.419. The Labute approximate surface area is 133 Å². The van der Waals surface area contributed by atoms with E-state index in [1.165, 1.54) is 0 Å². The normalized spacial score (nSPS) is 10.1. The lowest BCUT2D eigenvalue weighted by Gasteiger charge is -2.07. The van der Waals surface area contributed by atoms with Gasteiger partial charge in [-0.2, -0.15) is 0 Å². The summed E-state index contributed by atoms with van der Waals surface area (Å²) in [5.74, 6) is -0.150. The molecule has 0 aliphatic heterocycles. The zero-order valence-corrected chi connectivity index (χ0v) is 12.8. The van der Waals surface area contributed by atoms with Crippen LogP contribution >= 0.6 is 11.6 Å². The number of halogens is 1. The van der Waals surface area contributed by atoms with Crippen molar-refractivity contribution in [3.05, 3.63) is 64.7 Å². The van der Waals surface area contributed by atoms with Crippen LogP contribution in [0, 0.1) is 0 Å². The molecule has 0 unspecified atom stereocenters.